The van der Waals surface area contributed by atoms with E-state index < -0.39 is 10.0 Å². The van der Waals surface area contributed by atoms with Gasteiger partial charge in [0.05, 0.1) is 10.8 Å². The summed E-state index contributed by atoms with van der Waals surface area (Å²) in [5.41, 5.74) is 0. The molecule has 146 valence electrons. The maximum atomic E-state index is 12.8. The number of piperidine rings is 1. The molecule has 0 bridgehead atoms. The maximum absolute atomic E-state index is 12.8. The van der Waals surface area contributed by atoms with Crippen LogP contribution in [-0.2, 0) is 14.8 Å². The van der Waals surface area contributed by atoms with Crippen molar-refractivity contribution in [2.24, 2.45) is 11.8 Å². The van der Waals surface area contributed by atoms with Gasteiger partial charge in [-0.1, -0.05) is 51.3 Å². The van der Waals surface area contributed by atoms with Crippen molar-refractivity contribution in [3.05, 3.63) is 30.3 Å². The molecule has 2 atom stereocenters. The SMILES string of the molecule is CCCCC(CC)CNC(=O)C1CCCN(S(=O)(=O)c2ccccc2)C1. The maximum Gasteiger partial charge on any atom is 0.243 e. The van der Waals surface area contributed by atoms with Gasteiger partial charge < -0.3 is 5.32 Å². The highest BCUT2D eigenvalue weighted by Crippen LogP contribution is 2.24. The van der Waals surface area contributed by atoms with E-state index in [0.717, 1.165) is 25.7 Å². The van der Waals surface area contributed by atoms with Gasteiger partial charge in [0.25, 0.3) is 0 Å². The van der Waals surface area contributed by atoms with Crippen molar-refractivity contribution in [3.63, 3.8) is 0 Å². The standard InChI is InChI=1S/C20H32N2O3S/c1-3-5-10-17(4-2)15-21-20(23)18-11-9-14-22(16-18)26(24,25)19-12-7-6-8-13-19/h6-8,12-13,17-18H,3-5,9-11,14-16H2,1-2H3,(H,21,23). The van der Waals surface area contributed by atoms with E-state index in [2.05, 4.69) is 19.2 Å². The van der Waals surface area contributed by atoms with Crippen LogP contribution in [0.1, 0.15) is 52.4 Å². The number of sulfonamides is 1. The topological polar surface area (TPSA) is 66.5 Å². The lowest BCUT2D eigenvalue weighted by Gasteiger charge is -2.31. The average molecular weight is 381 g/mol. The molecule has 2 rings (SSSR count). The Balaban J connectivity index is 1.94. The van der Waals surface area contributed by atoms with Crippen molar-refractivity contribution >= 4 is 15.9 Å². The van der Waals surface area contributed by atoms with E-state index in [9.17, 15) is 13.2 Å². The van der Waals surface area contributed by atoms with Gasteiger partial charge in [-0.3, -0.25) is 4.79 Å². The van der Waals surface area contributed by atoms with Crippen LogP contribution in [0.3, 0.4) is 0 Å². The predicted molar refractivity (Wildman–Crippen MR) is 104 cm³/mol. The molecule has 1 aromatic carbocycles. The van der Waals surface area contributed by atoms with Crippen LogP contribution in [0.2, 0.25) is 0 Å². The third-order valence-corrected chi connectivity index (χ3v) is 7.12. The molecule has 0 aliphatic carbocycles. The molecule has 6 heteroatoms. The first-order chi connectivity index (χ1) is 12.5. The molecule has 1 aliphatic rings. The number of nitrogens with zero attached hydrogens (tertiary/aromatic N) is 1. The number of carbonyl (C=O) groups excluding carboxylic acids is 1. The summed E-state index contributed by atoms with van der Waals surface area (Å²) in [6, 6.07) is 8.47. The van der Waals surface area contributed by atoms with Crippen molar-refractivity contribution in [2.75, 3.05) is 19.6 Å². The smallest absolute Gasteiger partial charge is 0.243 e. The van der Waals surface area contributed by atoms with Gasteiger partial charge in [-0.15, -0.1) is 0 Å². The number of hydrogen-bond donors (Lipinski definition) is 1. The van der Waals surface area contributed by atoms with Crippen molar-refractivity contribution < 1.29 is 13.2 Å². The molecule has 26 heavy (non-hydrogen) atoms. The number of hydrogen-bond acceptors (Lipinski definition) is 3. The minimum Gasteiger partial charge on any atom is -0.356 e. The zero-order valence-electron chi connectivity index (χ0n) is 16.0. The minimum atomic E-state index is -3.52. The molecule has 0 aromatic heterocycles. The summed E-state index contributed by atoms with van der Waals surface area (Å²) in [7, 11) is -3.52. The summed E-state index contributed by atoms with van der Waals surface area (Å²) < 4.78 is 27.0. The molecule has 1 heterocycles. The average Bonchev–Trinajstić information content (AvgIpc) is 2.68. The van der Waals surface area contributed by atoms with Crippen molar-refractivity contribution in [2.45, 2.75) is 57.3 Å². The molecule has 0 radical (unpaired) electrons. The van der Waals surface area contributed by atoms with Crippen molar-refractivity contribution in [1.29, 1.82) is 0 Å². The van der Waals surface area contributed by atoms with Gasteiger partial charge in [0.15, 0.2) is 0 Å². The van der Waals surface area contributed by atoms with E-state index in [1.807, 2.05) is 0 Å². The highest BCUT2D eigenvalue weighted by atomic mass is 32.2. The van der Waals surface area contributed by atoms with Gasteiger partial charge in [-0.2, -0.15) is 4.31 Å². The number of rotatable bonds is 9. The molecule has 1 amide bonds. The molecule has 2 unspecified atom stereocenters. The normalized spacial score (nSPS) is 19.8. The van der Waals surface area contributed by atoms with E-state index in [4.69, 9.17) is 0 Å². The van der Waals surface area contributed by atoms with Crippen molar-refractivity contribution in [3.8, 4) is 0 Å². The molecular formula is C20H32N2O3S. The summed E-state index contributed by atoms with van der Waals surface area (Å²) in [4.78, 5) is 12.9. The first-order valence-electron chi connectivity index (χ1n) is 9.81. The fraction of sp³-hybridized carbons (Fsp3) is 0.650. The Kier molecular flexibility index (Phi) is 8.10. The van der Waals surface area contributed by atoms with Crippen molar-refractivity contribution in [1.82, 2.24) is 9.62 Å². The van der Waals surface area contributed by atoms with E-state index in [1.54, 1.807) is 30.3 Å². The van der Waals surface area contributed by atoms with Crippen LogP contribution in [0.25, 0.3) is 0 Å². The Morgan fingerprint density at radius 1 is 1.27 bits per heavy atom. The Labute approximate surface area is 158 Å². The van der Waals surface area contributed by atoms with E-state index in [1.165, 1.54) is 17.1 Å². The fourth-order valence-corrected chi connectivity index (χ4v) is 4.99. The number of benzene rings is 1. The summed E-state index contributed by atoms with van der Waals surface area (Å²) in [6.45, 7) is 5.78. The van der Waals surface area contributed by atoms with Crippen LogP contribution in [-0.4, -0.2) is 38.3 Å². The second-order valence-electron chi connectivity index (χ2n) is 7.18. The van der Waals surface area contributed by atoms with Gasteiger partial charge in [0.1, 0.15) is 0 Å². The molecule has 0 saturated carbocycles. The lowest BCUT2D eigenvalue weighted by Crippen LogP contribution is -2.46. The monoisotopic (exact) mass is 380 g/mol. The van der Waals surface area contributed by atoms with Gasteiger partial charge in [-0.05, 0) is 37.3 Å². The number of nitrogens with one attached hydrogen (secondary N) is 1. The summed E-state index contributed by atoms with van der Waals surface area (Å²) in [5, 5.41) is 3.06. The quantitative estimate of drug-likeness (QED) is 0.714. The molecule has 1 N–H and O–H groups in total. The van der Waals surface area contributed by atoms with Crippen LogP contribution < -0.4 is 5.32 Å². The lowest BCUT2D eigenvalue weighted by molar-refractivity contribution is -0.126. The summed E-state index contributed by atoms with van der Waals surface area (Å²) in [6.07, 6.45) is 6.00. The molecule has 1 fully saturated rings. The molecule has 0 spiro atoms. The zero-order valence-corrected chi connectivity index (χ0v) is 16.8. The molecule has 1 aliphatic heterocycles. The number of amides is 1. The minimum absolute atomic E-state index is 0.00656. The zero-order chi connectivity index (χ0) is 19.0. The highest BCUT2D eigenvalue weighted by molar-refractivity contribution is 7.89. The first-order valence-corrected chi connectivity index (χ1v) is 11.3. The Hall–Kier alpha value is -1.40. The Morgan fingerprint density at radius 2 is 2.00 bits per heavy atom. The lowest BCUT2D eigenvalue weighted by atomic mass is 9.96. The molecule has 1 saturated heterocycles. The summed E-state index contributed by atoms with van der Waals surface area (Å²) >= 11 is 0. The van der Waals surface area contributed by atoms with Crippen LogP contribution in [0, 0.1) is 11.8 Å². The molecule has 5 nitrogen and oxygen atoms in total. The van der Waals surface area contributed by atoms with Gasteiger partial charge >= 0.3 is 0 Å². The van der Waals surface area contributed by atoms with E-state index >= 15 is 0 Å². The molecular weight excluding hydrogens is 348 g/mol. The van der Waals surface area contributed by atoms with Crippen LogP contribution in [0.5, 0.6) is 0 Å². The first kappa shape index (κ1) is 20.9. The third-order valence-electron chi connectivity index (χ3n) is 5.24. The Morgan fingerprint density at radius 3 is 2.65 bits per heavy atom. The third kappa shape index (κ3) is 5.55. The molecule has 1 aromatic rings. The predicted octanol–water partition coefficient (Wildman–Crippen LogP) is 3.42. The fourth-order valence-electron chi connectivity index (χ4n) is 3.45. The largest absolute Gasteiger partial charge is 0.356 e. The summed E-state index contributed by atoms with van der Waals surface area (Å²) in [5.74, 6) is 0.241. The van der Waals surface area contributed by atoms with Gasteiger partial charge in [-0.25, -0.2) is 8.42 Å². The van der Waals surface area contributed by atoms with Crippen LogP contribution in [0.15, 0.2) is 35.2 Å². The highest BCUT2D eigenvalue weighted by Gasteiger charge is 2.33. The number of carbonyl (C=O) groups is 1. The van der Waals surface area contributed by atoms with Crippen LogP contribution in [0.4, 0.5) is 0 Å². The number of unbranched alkanes of at least 4 members (excludes halogenated alkanes) is 1. The van der Waals surface area contributed by atoms with E-state index in [-0.39, 0.29) is 18.4 Å². The van der Waals surface area contributed by atoms with E-state index in [0.29, 0.717) is 23.9 Å². The Bertz CT molecular complexity index is 661. The second kappa shape index (κ2) is 10.1. The van der Waals surface area contributed by atoms with Crippen LogP contribution >= 0.6 is 0 Å². The second-order valence-corrected chi connectivity index (χ2v) is 9.11. The van der Waals surface area contributed by atoms with Gasteiger partial charge in [0, 0.05) is 19.6 Å². The van der Waals surface area contributed by atoms with Gasteiger partial charge in [0.2, 0.25) is 15.9 Å².